The predicted molar refractivity (Wildman–Crippen MR) is 55.4 cm³/mol. The summed E-state index contributed by atoms with van der Waals surface area (Å²) in [7, 11) is 1.43. The molecule has 0 aliphatic carbocycles. The van der Waals surface area contributed by atoms with Crippen LogP contribution >= 0.6 is 31.9 Å². The average molecular weight is 310 g/mol. The Morgan fingerprint density at radius 3 is 2.54 bits per heavy atom. The zero-order valence-corrected chi connectivity index (χ0v) is 9.85. The smallest absolute Gasteiger partial charge is 0.339 e. The van der Waals surface area contributed by atoms with Gasteiger partial charge in [-0.05, 0) is 44.0 Å². The van der Waals surface area contributed by atoms with E-state index in [0.29, 0.717) is 10.2 Å². The Morgan fingerprint density at radius 2 is 2.08 bits per heavy atom. The second-order valence-corrected chi connectivity index (χ2v) is 3.89. The molecule has 0 saturated carbocycles. The summed E-state index contributed by atoms with van der Waals surface area (Å²) in [5.41, 5.74) is 0.137. The number of aromatic carboxylic acids is 1. The highest BCUT2D eigenvalue weighted by atomic mass is 79.9. The van der Waals surface area contributed by atoms with Crippen molar-refractivity contribution in [2.45, 2.75) is 0 Å². The van der Waals surface area contributed by atoms with Gasteiger partial charge < -0.3 is 9.84 Å². The fraction of sp³-hybridized carbons (Fsp3) is 0.125. The van der Waals surface area contributed by atoms with E-state index in [9.17, 15) is 4.79 Å². The average Bonchev–Trinajstić information content (AvgIpc) is 2.09. The summed E-state index contributed by atoms with van der Waals surface area (Å²) in [5, 5.41) is 8.80. The number of rotatable bonds is 2. The van der Waals surface area contributed by atoms with Gasteiger partial charge in [-0.2, -0.15) is 0 Å². The zero-order chi connectivity index (χ0) is 10.0. The largest absolute Gasteiger partial charge is 0.495 e. The van der Waals surface area contributed by atoms with E-state index >= 15 is 0 Å². The molecule has 13 heavy (non-hydrogen) atoms. The van der Waals surface area contributed by atoms with E-state index in [0.717, 1.165) is 4.47 Å². The fourth-order valence-corrected chi connectivity index (χ4v) is 1.72. The molecule has 70 valence electrons. The van der Waals surface area contributed by atoms with Crippen molar-refractivity contribution in [3.8, 4) is 5.75 Å². The minimum absolute atomic E-state index is 0.137. The Bertz CT molecular complexity index is 349. The topological polar surface area (TPSA) is 46.5 Å². The SMILES string of the molecule is COc1c(C(=O)O)ccc(Br)c1Br. The molecule has 0 bridgehead atoms. The molecule has 0 aliphatic rings. The Hall–Kier alpha value is -0.550. The van der Waals surface area contributed by atoms with Crippen molar-refractivity contribution in [1.82, 2.24) is 0 Å². The second kappa shape index (κ2) is 4.11. The second-order valence-electron chi connectivity index (χ2n) is 2.25. The molecule has 1 rings (SSSR count). The fourth-order valence-electron chi connectivity index (χ4n) is 0.900. The first-order chi connectivity index (χ1) is 6.07. The van der Waals surface area contributed by atoms with Crippen LogP contribution in [-0.4, -0.2) is 18.2 Å². The molecule has 0 spiro atoms. The number of carboxylic acids is 1. The lowest BCUT2D eigenvalue weighted by atomic mass is 10.2. The third kappa shape index (κ3) is 2.03. The van der Waals surface area contributed by atoms with Crippen molar-refractivity contribution in [3.05, 3.63) is 26.6 Å². The number of halogens is 2. The number of carbonyl (C=O) groups is 1. The highest BCUT2D eigenvalue weighted by molar-refractivity contribution is 9.13. The maximum Gasteiger partial charge on any atom is 0.339 e. The summed E-state index contributed by atoms with van der Waals surface area (Å²) in [4.78, 5) is 10.7. The summed E-state index contributed by atoms with van der Waals surface area (Å²) in [6, 6.07) is 3.13. The number of ether oxygens (including phenoxy) is 1. The van der Waals surface area contributed by atoms with Crippen LogP contribution in [0.2, 0.25) is 0 Å². The van der Waals surface area contributed by atoms with Gasteiger partial charge in [0.25, 0.3) is 0 Å². The van der Waals surface area contributed by atoms with Gasteiger partial charge in [0.05, 0.1) is 11.6 Å². The van der Waals surface area contributed by atoms with Crippen molar-refractivity contribution in [2.75, 3.05) is 7.11 Å². The molecular formula is C8H6Br2O3. The van der Waals surface area contributed by atoms with Gasteiger partial charge in [-0.3, -0.25) is 0 Å². The lowest BCUT2D eigenvalue weighted by Gasteiger charge is -2.07. The van der Waals surface area contributed by atoms with Crippen LogP contribution in [0, 0.1) is 0 Å². The van der Waals surface area contributed by atoms with Crippen LogP contribution in [0.3, 0.4) is 0 Å². The molecule has 0 saturated heterocycles. The van der Waals surface area contributed by atoms with Gasteiger partial charge in [-0.25, -0.2) is 4.79 Å². The zero-order valence-electron chi connectivity index (χ0n) is 6.67. The van der Waals surface area contributed by atoms with Gasteiger partial charge >= 0.3 is 5.97 Å². The first-order valence-corrected chi connectivity index (χ1v) is 4.91. The molecule has 0 atom stereocenters. The van der Waals surface area contributed by atoms with Crippen LogP contribution in [0.15, 0.2) is 21.1 Å². The van der Waals surface area contributed by atoms with E-state index in [1.165, 1.54) is 13.2 Å². The predicted octanol–water partition coefficient (Wildman–Crippen LogP) is 2.92. The van der Waals surface area contributed by atoms with Gasteiger partial charge in [0.1, 0.15) is 11.3 Å². The Morgan fingerprint density at radius 1 is 1.46 bits per heavy atom. The number of methoxy groups -OCH3 is 1. The number of hydrogen-bond donors (Lipinski definition) is 1. The molecule has 0 aliphatic heterocycles. The van der Waals surface area contributed by atoms with Crippen molar-refractivity contribution in [3.63, 3.8) is 0 Å². The molecule has 0 radical (unpaired) electrons. The first-order valence-electron chi connectivity index (χ1n) is 3.33. The van der Waals surface area contributed by atoms with E-state index in [1.54, 1.807) is 6.07 Å². The summed E-state index contributed by atoms with van der Waals surface area (Å²) in [5.74, 6) is -0.688. The molecule has 0 heterocycles. The monoisotopic (exact) mass is 308 g/mol. The summed E-state index contributed by atoms with van der Waals surface area (Å²) >= 11 is 6.47. The van der Waals surface area contributed by atoms with Crippen LogP contribution in [0.4, 0.5) is 0 Å². The van der Waals surface area contributed by atoms with Gasteiger partial charge in [0.15, 0.2) is 0 Å². The molecule has 0 aromatic heterocycles. The van der Waals surface area contributed by atoms with Gasteiger partial charge in [0, 0.05) is 4.47 Å². The van der Waals surface area contributed by atoms with Crippen LogP contribution in [0.25, 0.3) is 0 Å². The summed E-state index contributed by atoms with van der Waals surface area (Å²) < 4.78 is 6.33. The third-order valence-corrected chi connectivity index (χ3v) is 3.46. The third-order valence-electron chi connectivity index (χ3n) is 1.48. The number of carboxylic acid groups (broad SMARTS) is 1. The summed E-state index contributed by atoms with van der Waals surface area (Å²) in [6.45, 7) is 0. The standard InChI is InChI=1S/C8H6Br2O3/c1-13-7-4(8(11)12)2-3-5(9)6(7)10/h2-3H,1H3,(H,11,12). The molecule has 0 amide bonds. The maximum absolute atomic E-state index is 10.7. The van der Waals surface area contributed by atoms with E-state index in [-0.39, 0.29) is 5.56 Å². The highest BCUT2D eigenvalue weighted by Gasteiger charge is 2.15. The van der Waals surface area contributed by atoms with E-state index < -0.39 is 5.97 Å². The highest BCUT2D eigenvalue weighted by Crippen LogP contribution is 2.35. The van der Waals surface area contributed by atoms with Gasteiger partial charge in [0.2, 0.25) is 0 Å². The molecular weight excluding hydrogens is 304 g/mol. The molecule has 5 heteroatoms. The lowest BCUT2D eigenvalue weighted by molar-refractivity contribution is 0.0693. The molecule has 1 aromatic carbocycles. The first kappa shape index (κ1) is 10.5. The van der Waals surface area contributed by atoms with Gasteiger partial charge in [-0.1, -0.05) is 0 Å². The summed E-state index contributed by atoms with van der Waals surface area (Å²) in [6.07, 6.45) is 0. The minimum Gasteiger partial charge on any atom is -0.495 e. The van der Waals surface area contributed by atoms with Crippen molar-refractivity contribution in [2.24, 2.45) is 0 Å². The van der Waals surface area contributed by atoms with E-state index in [4.69, 9.17) is 9.84 Å². The minimum atomic E-state index is -1.01. The molecule has 0 fully saturated rings. The quantitative estimate of drug-likeness (QED) is 0.913. The lowest BCUT2D eigenvalue weighted by Crippen LogP contribution is -2.00. The number of benzene rings is 1. The molecule has 3 nitrogen and oxygen atoms in total. The van der Waals surface area contributed by atoms with Crippen LogP contribution < -0.4 is 4.74 Å². The van der Waals surface area contributed by atoms with Gasteiger partial charge in [-0.15, -0.1) is 0 Å². The van der Waals surface area contributed by atoms with Crippen LogP contribution in [0.1, 0.15) is 10.4 Å². The van der Waals surface area contributed by atoms with Crippen molar-refractivity contribution >= 4 is 37.8 Å². The van der Waals surface area contributed by atoms with Crippen LogP contribution in [0.5, 0.6) is 5.75 Å². The Balaban J connectivity index is 3.38. The Kier molecular flexibility index (Phi) is 3.33. The maximum atomic E-state index is 10.7. The molecule has 1 aromatic rings. The molecule has 0 unspecified atom stereocenters. The van der Waals surface area contributed by atoms with E-state index in [2.05, 4.69) is 31.9 Å². The normalized spacial score (nSPS) is 9.77. The van der Waals surface area contributed by atoms with Crippen molar-refractivity contribution < 1.29 is 14.6 Å². The Labute approximate surface area is 92.0 Å². The van der Waals surface area contributed by atoms with Crippen molar-refractivity contribution in [1.29, 1.82) is 0 Å². The van der Waals surface area contributed by atoms with Crippen LogP contribution in [-0.2, 0) is 0 Å². The van der Waals surface area contributed by atoms with E-state index in [1.807, 2.05) is 0 Å². The molecule has 1 N–H and O–H groups in total. The number of hydrogen-bond acceptors (Lipinski definition) is 2.